The van der Waals surface area contributed by atoms with E-state index in [2.05, 4.69) is 34.5 Å². The Labute approximate surface area is 103 Å². The molecule has 0 unspecified atom stereocenters. The molecule has 1 aromatic heterocycles. The van der Waals surface area contributed by atoms with Gasteiger partial charge in [0.05, 0.1) is 6.61 Å². The number of pyridine rings is 1. The molecule has 0 saturated carbocycles. The van der Waals surface area contributed by atoms with Crippen LogP contribution in [0.2, 0.25) is 0 Å². The van der Waals surface area contributed by atoms with E-state index in [4.69, 9.17) is 4.84 Å². The molecular formula is C13H21N3O. The number of likely N-dealkylation sites (tertiary alicyclic amines) is 1. The molecule has 0 atom stereocenters. The summed E-state index contributed by atoms with van der Waals surface area (Å²) in [6, 6.07) is 6.14. The molecule has 0 spiro atoms. The number of piperidine rings is 1. The largest absolute Gasteiger partial charge is 0.306 e. The van der Waals surface area contributed by atoms with Crippen LogP contribution in [0.5, 0.6) is 0 Å². The first-order valence-electron chi connectivity index (χ1n) is 6.15. The van der Waals surface area contributed by atoms with Gasteiger partial charge in [-0.15, -0.1) is 0 Å². The van der Waals surface area contributed by atoms with Crippen molar-refractivity contribution in [2.24, 2.45) is 0 Å². The normalized spacial score (nSPS) is 20.4. The molecule has 4 nitrogen and oxygen atoms in total. The molecule has 1 aromatic rings. The molecule has 2 rings (SSSR count). The number of nitrogens with zero attached hydrogens (tertiary/aromatic N) is 2. The molecule has 94 valence electrons. The summed E-state index contributed by atoms with van der Waals surface area (Å²) in [5.74, 6) is 0. The van der Waals surface area contributed by atoms with Gasteiger partial charge in [0, 0.05) is 24.4 Å². The van der Waals surface area contributed by atoms with Crippen LogP contribution < -0.4 is 5.48 Å². The lowest BCUT2D eigenvalue weighted by Gasteiger charge is -2.39. The Hall–Kier alpha value is -0.970. The van der Waals surface area contributed by atoms with Gasteiger partial charge in [0.2, 0.25) is 0 Å². The van der Waals surface area contributed by atoms with Crippen molar-refractivity contribution in [3.05, 3.63) is 30.1 Å². The Morgan fingerprint density at radius 2 is 2.18 bits per heavy atom. The minimum Gasteiger partial charge on any atom is -0.306 e. The van der Waals surface area contributed by atoms with Gasteiger partial charge in [0.25, 0.3) is 0 Å². The molecule has 1 fully saturated rings. The molecular weight excluding hydrogens is 214 g/mol. The molecule has 1 saturated heterocycles. The molecule has 1 N–H and O–H groups in total. The summed E-state index contributed by atoms with van der Waals surface area (Å²) >= 11 is 0. The summed E-state index contributed by atoms with van der Waals surface area (Å²) in [4.78, 5) is 12.3. The van der Waals surface area contributed by atoms with E-state index in [1.165, 1.54) is 0 Å². The third-order valence-electron chi connectivity index (χ3n) is 3.65. The summed E-state index contributed by atoms with van der Waals surface area (Å²) in [6.45, 7) is 2.89. The molecule has 0 aromatic carbocycles. The van der Waals surface area contributed by atoms with Crippen molar-refractivity contribution in [1.82, 2.24) is 15.4 Å². The van der Waals surface area contributed by atoms with Crippen molar-refractivity contribution in [2.45, 2.75) is 18.3 Å². The first-order chi connectivity index (χ1) is 8.27. The van der Waals surface area contributed by atoms with Crippen molar-refractivity contribution in [3.8, 4) is 0 Å². The monoisotopic (exact) mass is 235 g/mol. The van der Waals surface area contributed by atoms with Gasteiger partial charge in [-0.05, 0) is 45.1 Å². The fourth-order valence-corrected chi connectivity index (χ4v) is 2.41. The minimum absolute atomic E-state index is 0.0662. The van der Waals surface area contributed by atoms with Gasteiger partial charge in [0.15, 0.2) is 0 Å². The second kappa shape index (κ2) is 5.58. The van der Waals surface area contributed by atoms with E-state index in [1.807, 2.05) is 12.3 Å². The second-order valence-corrected chi connectivity index (χ2v) is 4.79. The van der Waals surface area contributed by atoms with Crippen LogP contribution in [-0.4, -0.2) is 43.7 Å². The summed E-state index contributed by atoms with van der Waals surface area (Å²) in [6.07, 6.45) is 4.07. The van der Waals surface area contributed by atoms with E-state index in [0.29, 0.717) is 6.61 Å². The average Bonchev–Trinajstić information content (AvgIpc) is 2.40. The first-order valence-corrected chi connectivity index (χ1v) is 6.15. The quantitative estimate of drug-likeness (QED) is 0.796. The zero-order valence-corrected chi connectivity index (χ0v) is 10.6. The summed E-state index contributed by atoms with van der Waals surface area (Å²) in [5.41, 5.74) is 4.00. The summed E-state index contributed by atoms with van der Waals surface area (Å²) < 4.78 is 0. The Balaban J connectivity index is 2.18. The number of hydrogen-bond acceptors (Lipinski definition) is 4. The van der Waals surface area contributed by atoms with Crippen molar-refractivity contribution >= 4 is 0 Å². The number of aromatic nitrogens is 1. The number of rotatable bonds is 4. The lowest BCUT2D eigenvalue weighted by atomic mass is 9.76. The zero-order chi connectivity index (χ0) is 12.1. The Kier molecular flexibility index (Phi) is 4.10. The van der Waals surface area contributed by atoms with E-state index < -0.39 is 0 Å². The van der Waals surface area contributed by atoms with Crippen LogP contribution in [0.15, 0.2) is 24.4 Å². The van der Waals surface area contributed by atoms with E-state index in [0.717, 1.165) is 31.6 Å². The van der Waals surface area contributed by atoms with Gasteiger partial charge in [-0.3, -0.25) is 4.98 Å². The maximum atomic E-state index is 5.46. The van der Waals surface area contributed by atoms with Crippen LogP contribution in [0, 0.1) is 0 Å². The first kappa shape index (κ1) is 12.5. The fraction of sp³-hybridized carbons (Fsp3) is 0.615. The van der Waals surface area contributed by atoms with Crippen molar-refractivity contribution < 1.29 is 4.84 Å². The topological polar surface area (TPSA) is 37.4 Å². The highest BCUT2D eigenvalue weighted by Crippen LogP contribution is 2.34. The highest BCUT2D eigenvalue weighted by atomic mass is 16.6. The molecule has 1 aliphatic rings. The third kappa shape index (κ3) is 2.83. The van der Waals surface area contributed by atoms with Crippen LogP contribution in [0.25, 0.3) is 0 Å². The lowest BCUT2D eigenvalue weighted by Crippen LogP contribution is -2.45. The predicted molar refractivity (Wildman–Crippen MR) is 67.7 cm³/mol. The molecule has 2 heterocycles. The number of hydroxylamine groups is 1. The van der Waals surface area contributed by atoms with Crippen LogP contribution in [0.3, 0.4) is 0 Å². The number of hydrogen-bond donors (Lipinski definition) is 1. The summed E-state index contributed by atoms with van der Waals surface area (Å²) in [7, 11) is 3.97. The van der Waals surface area contributed by atoms with Gasteiger partial charge < -0.3 is 9.74 Å². The highest BCUT2D eigenvalue weighted by molar-refractivity contribution is 5.18. The molecule has 0 radical (unpaired) electrons. The molecule has 0 aliphatic carbocycles. The minimum atomic E-state index is 0.0662. The van der Waals surface area contributed by atoms with E-state index in [1.54, 1.807) is 7.05 Å². The Bertz CT molecular complexity index is 328. The molecule has 0 amide bonds. The Morgan fingerprint density at radius 1 is 1.41 bits per heavy atom. The lowest BCUT2D eigenvalue weighted by molar-refractivity contribution is -0.00157. The van der Waals surface area contributed by atoms with Crippen LogP contribution in [0.4, 0.5) is 0 Å². The van der Waals surface area contributed by atoms with Crippen LogP contribution >= 0.6 is 0 Å². The standard InChI is InChI=1S/C13H21N3O/c1-14-17-11-13(6-9-16(2)10-7-13)12-5-3-4-8-15-12/h3-5,8,14H,6-7,9-11H2,1-2H3. The van der Waals surface area contributed by atoms with E-state index in [9.17, 15) is 0 Å². The van der Waals surface area contributed by atoms with Crippen molar-refractivity contribution in [2.75, 3.05) is 33.8 Å². The van der Waals surface area contributed by atoms with E-state index >= 15 is 0 Å². The van der Waals surface area contributed by atoms with Crippen molar-refractivity contribution in [1.29, 1.82) is 0 Å². The van der Waals surface area contributed by atoms with Gasteiger partial charge in [-0.1, -0.05) is 6.07 Å². The summed E-state index contributed by atoms with van der Waals surface area (Å²) in [5, 5.41) is 0. The zero-order valence-electron chi connectivity index (χ0n) is 10.6. The molecule has 17 heavy (non-hydrogen) atoms. The highest BCUT2D eigenvalue weighted by Gasteiger charge is 2.37. The Morgan fingerprint density at radius 3 is 2.76 bits per heavy atom. The van der Waals surface area contributed by atoms with E-state index in [-0.39, 0.29) is 5.41 Å². The molecule has 4 heteroatoms. The fourth-order valence-electron chi connectivity index (χ4n) is 2.41. The maximum Gasteiger partial charge on any atom is 0.0794 e. The second-order valence-electron chi connectivity index (χ2n) is 4.79. The van der Waals surface area contributed by atoms with Gasteiger partial charge in [0.1, 0.15) is 0 Å². The average molecular weight is 235 g/mol. The smallest absolute Gasteiger partial charge is 0.0794 e. The van der Waals surface area contributed by atoms with Gasteiger partial charge >= 0.3 is 0 Å². The number of nitrogens with one attached hydrogen (secondary N) is 1. The van der Waals surface area contributed by atoms with Crippen molar-refractivity contribution in [3.63, 3.8) is 0 Å². The predicted octanol–water partition coefficient (Wildman–Crippen LogP) is 1.20. The third-order valence-corrected chi connectivity index (χ3v) is 3.65. The molecule has 1 aliphatic heterocycles. The van der Waals surface area contributed by atoms with Crippen LogP contribution in [-0.2, 0) is 10.3 Å². The van der Waals surface area contributed by atoms with Gasteiger partial charge in [-0.2, -0.15) is 0 Å². The maximum absolute atomic E-state index is 5.46. The SMILES string of the molecule is CNOCC1(c2ccccn2)CCN(C)CC1. The van der Waals surface area contributed by atoms with Crippen LogP contribution in [0.1, 0.15) is 18.5 Å². The molecule has 0 bridgehead atoms. The van der Waals surface area contributed by atoms with Gasteiger partial charge in [-0.25, -0.2) is 5.48 Å².